The zero-order chi connectivity index (χ0) is 19.8. The van der Waals surface area contributed by atoms with E-state index in [1.807, 2.05) is 11.8 Å². The zero-order valence-electron chi connectivity index (χ0n) is 17.5. The van der Waals surface area contributed by atoms with Crippen molar-refractivity contribution in [3.8, 4) is 0 Å². The van der Waals surface area contributed by atoms with Crippen LogP contribution in [0.1, 0.15) is 59.8 Å². The van der Waals surface area contributed by atoms with Gasteiger partial charge in [0.1, 0.15) is 12.1 Å². The van der Waals surface area contributed by atoms with Gasteiger partial charge in [-0.3, -0.25) is 14.5 Å². The zero-order valence-corrected chi connectivity index (χ0v) is 18.4. The molecule has 3 aliphatic rings. The number of amides is 4. The molecule has 8 heteroatoms. The van der Waals surface area contributed by atoms with E-state index in [0.29, 0.717) is 25.3 Å². The van der Waals surface area contributed by atoms with Crippen molar-refractivity contribution in [3.05, 3.63) is 0 Å². The maximum Gasteiger partial charge on any atom is 0.325 e. The predicted octanol–water partition coefficient (Wildman–Crippen LogP) is 2.15. The minimum absolute atomic E-state index is 0. The number of hydrogen-bond acceptors (Lipinski definition) is 4. The first-order valence-corrected chi connectivity index (χ1v) is 10.3. The molecule has 2 aliphatic heterocycles. The van der Waals surface area contributed by atoms with Gasteiger partial charge in [-0.1, -0.05) is 27.7 Å². The van der Waals surface area contributed by atoms with Gasteiger partial charge in [0.15, 0.2) is 0 Å². The Labute approximate surface area is 174 Å². The van der Waals surface area contributed by atoms with Crippen LogP contribution in [0.25, 0.3) is 0 Å². The second-order valence-corrected chi connectivity index (χ2v) is 9.49. The first-order valence-electron chi connectivity index (χ1n) is 10.3. The molecule has 2 saturated heterocycles. The summed E-state index contributed by atoms with van der Waals surface area (Å²) in [6.45, 7) is 10.6. The molecule has 4 amide bonds. The highest BCUT2D eigenvalue weighted by Gasteiger charge is 2.56. The van der Waals surface area contributed by atoms with Crippen LogP contribution in [0, 0.1) is 11.3 Å². The minimum atomic E-state index is -0.844. The molecule has 0 aromatic heterocycles. The summed E-state index contributed by atoms with van der Waals surface area (Å²) in [6.07, 6.45) is 4.09. The van der Waals surface area contributed by atoms with Crippen LogP contribution in [-0.4, -0.2) is 65.4 Å². The van der Waals surface area contributed by atoms with E-state index >= 15 is 0 Å². The lowest BCUT2D eigenvalue weighted by Crippen LogP contribution is -2.54. The van der Waals surface area contributed by atoms with Crippen LogP contribution in [0.5, 0.6) is 0 Å². The molecule has 3 fully saturated rings. The maximum atomic E-state index is 13.2. The maximum absolute atomic E-state index is 13.2. The Hall–Kier alpha value is -1.34. The quantitative estimate of drug-likeness (QED) is 0.675. The van der Waals surface area contributed by atoms with Crippen molar-refractivity contribution >= 4 is 30.3 Å². The monoisotopic (exact) mass is 414 g/mol. The Morgan fingerprint density at radius 1 is 1.29 bits per heavy atom. The number of carbonyl (C=O) groups excluding carboxylic acids is 3. The summed E-state index contributed by atoms with van der Waals surface area (Å²) in [4.78, 5) is 41.8. The molecular weight excluding hydrogens is 380 g/mol. The van der Waals surface area contributed by atoms with Crippen molar-refractivity contribution < 1.29 is 14.4 Å². The molecule has 7 nitrogen and oxygen atoms in total. The van der Waals surface area contributed by atoms with E-state index in [9.17, 15) is 14.4 Å². The molecule has 3 unspecified atom stereocenters. The third kappa shape index (κ3) is 4.46. The first kappa shape index (κ1) is 22.9. The third-order valence-electron chi connectivity index (χ3n) is 6.18. The summed E-state index contributed by atoms with van der Waals surface area (Å²) >= 11 is 0. The molecule has 1 spiro atoms. The van der Waals surface area contributed by atoms with Gasteiger partial charge in [0.25, 0.3) is 5.91 Å². The Morgan fingerprint density at radius 3 is 2.57 bits per heavy atom. The molecule has 1 saturated carbocycles. The summed E-state index contributed by atoms with van der Waals surface area (Å²) in [7, 11) is 0. The van der Waals surface area contributed by atoms with Crippen LogP contribution >= 0.6 is 12.4 Å². The van der Waals surface area contributed by atoms with Gasteiger partial charge in [-0.2, -0.15) is 0 Å². The summed E-state index contributed by atoms with van der Waals surface area (Å²) < 4.78 is 0. The minimum Gasteiger partial charge on any atom is -0.337 e. The number of rotatable bonds is 5. The molecule has 2 N–H and O–H groups in total. The highest BCUT2D eigenvalue weighted by molar-refractivity contribution is 6.09. The fourth-order valence-electron chi connectivity index (χ4n) is 5.53. The Morgan fingerprint density at radius 2 is 2.00 bits per heavy atom. The molecular formula is C20H35ClN4O3. The molecule has 0 aromatic carbocycles. The SMILES string of the molecule is CCCN(C(=O)CN1C(=O)NC2(CC(C)CC(C)(C)C2)C1=O)C1CCNC1.Cl. The number of carbonyl (C=O) groups is 3. The summed E-state index contributed by atoms with van der Waals surface area (Å²) in [6, 6.07) is -0.264. The van der Waals surface area contributed by atoms with Gasteiger partial charge in [-0.15, -0.1) is 12.4 Å². The molecule has 28 heavy (non-hydrogen) atoms. The second kappa shape index (κ2) is 8.57. The van der Waals surface area contributed by atoms with E-state index in [0.717, 1.165) is 37.3 Å². The normalized spacial score (nSPS) is 31.6. The third-order valence-corrected chi connectivity index (χ3v) is 6.18. The average Bonchev–Trinajstić information content (AvgIpc) is 3.14. The molecule has 0 aromatic rings. The number of halogens is 1. The molecule has 0 radical (unpaired) electrons. The van der Waals surface area contributed by atoms with E-state index in [4.69, 9.17) is 0 Å². The van der Waals surface area contributed by atoms with Crippen LogP contribution < -0.4 is 10.6 Å². The number of urea groups is 1. The van der Waals surface area contributed by atoms with Crippen LogP contribution in [0.2, 0.25) is 0 Å². The lowest BCUT2D eigenvalue weighted by atomic mass is 9.64. The van der Waals surface area contributed by atoms with Crippen LogP contribution in [0.3, 0.4) is 0 Å². The smallest absolute Gasteiger partial charge is 0.325 e. The number of nitrogens with zero attached hydrogens (tertiary/aromatic N) is 2. The Kier molecular flexibility index (Phi) is 7.03. The van der Waals surface area contributed by atoms with E-state index in [-0.39, 0.29) is 42.2 Å². The topological polar surface area (TPSA) is 81.8 Å². The van der Waals surface area contributed by atoms with E-state index in [1.54, 1.807) is 0 Å². The first-order chi connectivity index (χ1) is 12.7. The average molecular weight is 415 g/mol. The molecule has 160 valence electrons. The Balaban J connectivity index is 0.00000280. The highest BCUT2D eigenvalue weighted by atomic mass is 35.5. The van der Waals surface area contributed by atoms with E-state index in [2.05, 4.69) is 31.4 Å². The summed E-state index contributed by atoms with van der Waals surface area (Å²) in [5.74, 6) is 0.00509. The summed E-state index contributed by atoms with van der Waals surface area (Å²) in [5, 5.41) is 6.24. The van der Waals surface area contributed by atoms with Gasteiger partial charge in [0.05, 0.1) is 0 Å². The number of hydrogen-bond donors (Lipinski definition) is 2. The predicted molar refractivity (Wildman–Crippen MR) is 110 cm³/mol. The lowest BCUT2D eigenvalue weighted by Gasteiger charge is -2.43. The number of imide groups is 1. The van der Waals surface area contributed by atoms with Crippen molar-refractivity contribution in [1.82, 2.24) is 20.4 Å². The van der Waals surface area contributed by atoms with Gasteiger partial charge < -0.3 is 15.5 Å². The van der Waals surface area contributed by atoms with Crippen LogP contribution in [-0.2, 0) is 9.59 Å². The van der Waals surface area contributed by atoms with Crippen molar-refractivity contribution in [2.75, 3.05) is 26.2 Å². The van der Waals surface area contributed by atoms with Gasteiger partial charge >= 0.3 is 6.03 Å². The molecule has 2 heterocycles. The lowest BCUT2D eigenvalue weighted by molar-refractivity contribution is -0.141. The fourth-order valence-corrected chi connectivity index (χ4v) is 5.53. The Bertz CT molecular complexity index is 621. The van der Waals surface area contributed by atoms with Gasteiger partial charge in [0, 0.05) is 19.1 Å². The molecule has 3 atom stereocenters. The second-order valence-electron chi connectivity index (χ2n) is 9.49. The highest BCUT2D eigenvalue weighted by Crippen LogP contribution is 2.46. The molecule has 1 aliphatic carbocycles. The fraction of sp³-hybridized carbons (Fsp3) is 0.850. The van der Waals surface area contributed by atoms with Crippen LogP contribution in [0.15, 0.2) is 0 Å². The van der Waals surface area contributed by atoms with Crippen molar-refractivity contribution in [3.63, 3.8) is 0 Å². The summed E-state index contributed by atoms with van der Waals surface area (Å²) in [5.41, 5.74) is -0.854. The molecule has 3 rings (SSSR count). The van der Waals surface area contributed by atoms with Crippen molar-refractivity contribution in [2.24, 2.45) is 11.3 Å². The largest absolute Gasteiger partial charge is 0.337 e. The number of nitrogens with one attached hydrogen (secondary N) is 2. The molecule has 0 bridgehead atoms. The standard InChI is InChI=1S/C20H34N4O3.ClH/c1-5-8-23(15-6-7-21-11-15)16(25)12-24-17(26)20(22-18(24)27)10-14(2)9-19(3,4)13-20;/h14-15,21H,5-13H2,1-4H3,(H,22,27);1H. The van der Waals surface area contributed by atoms with Crippen LogP contribution in [0.4, 0.5) is 4.79 Å². The van der Waals surface area contributed by atoms with Gasteiger partial charge in [-0.05, 0) is 50.0 Å². The van der Waals surface area contributed by atoms with Gasteiger partial charge in [0.2, 0.25) is 5.91 Å². The van der Waals surface area contributed by atoms with E-state index < -0.39 is 11.6 Å². The van der Waals surface area contributed by atoms with Crippen molar-refractivity contribution in [1.29, 1.82) is 0 Å². The van der Waals surface area contributed by atoms with Crippen molar-refractivity contribution in [2.45, 2.75) is 71.4 Å². The van der Waals surface area contributed by atoms with E-state index in [1.165, 1.54) is 0 Å². The van der Waals surface area contributed by atoms with Gasteiger partial charge in [-0.25, -0.2) is 4.79 Å².